The van der Waals surface area contributed by atoms with Crippen LogP contribution in [0.3, 0.4) is 0 Å². The summed E-state index contributed by atoms with van der Waals surface area (Å²) in [6.07, 6.45) is 0. The zero-order valence-electron chi connectivity index (χ0n) is 75.4. The predicted molar refractivity (Wildman–Crippen MR) is 524 cm³/mol. The predicted octanol–water partition coefficient (Wildman–Crippen LogP) is 12.2. The second kappa shape index (κ2) is 24.2. The van der Waals surface area contributed by atoms with Crippen LogP contribution >= 0.6 is 0 Å². The van der Waals surface area contributed by atoms with Gasteiger partial charge in [0.15, 0.2) is 0 Å². The molecule has 0 radical (unpaired) electrons. The molecule has 0 bridgehead atoms. The number of nitrogens with zero attached hydrogens (tertiary/aromatic N) is 3. The molecule has 12 aromatic carbocycles. The zero-order chi connectivity index (χ0) is 83.1. The molecule has 0 saturated heterocycles. The van der Waals surface area contributed by atoms with Crippen LogP contribution < -0.4 is 129 Å². The van der Waals surface area contributed by atoms with Gasteiger partial charge in [-0.2, -0.15) is 0 Å². The summed E-state index contributed by atoms with van der Waals surface area (Å²) in [6, 6.07) is 85.2. The van der Waals surface area contributed by atoms with E-state index in [-0.39, 0.29) is 95.7 Å². The van der Waals surface area contributed by atoms with Crippen molar-refractivity contribution in [2.24, 2.45) is 0 Å². The molecule has 21 rings (SSSR count). The van der Waals surface area contributed by atoms with Crippen molar-refractivity contribution in [1.29, 1.82) is 0 Å². The lowest BCUT2D eigenvalue weighted by Crippen LogP contribution is -2.80. The average molecular weight is 1530 g/mol. The molecule has 0 unspecified atom stereocenters. The maximum Gasteiger partial charge on any atom is 0.257 e. The molecule has 9 aliphatic heterocycles. The number of anilines is 9. The second-order valence-electron chi connectivity index (χ2n) is 46.5. The second-order valence-corrected chi connectivity index (χ2v) is 46.5. The fraction of sp³-hybridized carbons (Fsp3) is 0.333. The molecule has 0 N–H and O–H groups in total. The normalized spacial score (nSPS) is 15.6. The largest absolute Gasteiger partial charge is 0.313 e. The van der Waals surface area contributed by atoms with Gasteiger partial charge >= 0.3 is 0 Å². The Kier molecular flexibility index (Phi) is 15.6. The molecule has 0 aliphatic carbocycles. The fourth-order valence-electron chi connectivity index (χ4n) is 22.9. The summed E-state index contributed by atoms with van der Waals surface area (Å²) in [6.45, 7) is 64.1. The van der Waals surface area contributed by atoms with E-state index >= 15 is 0 Å². The highest BCUT2D eigenvalue weighted by molar-refractivity contribution is 7.14. The van der Waals surface area contributed by atoms with E-state index in [0.717, 1.165) is 0 Å². The van der Waals surface area contributed by atoms with Crippen LogP contribution in [0.5, 0.6) is 0 Å². The SMILES string of the molecule is CC(C)(C)c1ccc(B2c3cc(C(C)(C)C)cc4c3N3c5c2cc2c6c5B5c7c3c(cc3c7N7c8c(cc(C(C)(C)C)cc8B(c8ccc(C(C)(C)C)cc8)c8cc9c(c5c87)N6c5c(cc(C(C)(C)C)cc5B9c5ccc(C(C)(C)C)cc5)B2c2ccc(C(C)(C)C)cc2)B3c2ccc(C(C)(C)C)cc2)B4c2ccc(C(C)(C)C)cc2)cc1. The van der Waals surface area contributed by atoms with Crippen LogP contribution in [0.2, 0.25) is 0 Å². The Hall–Kier alpha value is -9.51. The van der Waals surface area contributed by atoms with Crippen molar-refractivity contribution in [2.75, 3.05) is 14.7 Å². The Morgan fingerprint density at radius 2 is 0.271 bits per heavy atom. The van der Waals surface area contributed by atoms with Crippen molar-refractivity contribution < 1.29 is 0 Å². The van der Waals surface area contributed by atoms with E-state index in [9.17, 15) is 0 Å². The summed E-state index contributed by atoms with van der Waals surface area (Å²) in [5, 5.41) is 0. The molecule has 9 aliphatic rings. The van der Waals surface area contributed by atoms with Gasteiger partial charge in [-0.1, -0.05) is 420 Å². The first-order valence-corrected chi connectivity index (χ1v) is 44.4. The number of hydrogen-bond acceptors (Lipinski definition) is 3. The molecular formula is C108H114B7N3. The van der Waals surface area contributed by atoms with Crippen molar-refractivity contribution in [2.45, 2.75) is 236 Å². The van der Waals surface area contributed by atoms with Gasteiger partial charge in [0.2, 0.25) is 40.3 Å². The lowest BCUT2D eigenvalue weighted by molar-refractivity contribution is 0.590. The van der Waals surface area contributed by atoms with Gasteiger partial charge in [0.05, 0.1) is 0 Å². The van der Waals surface area contributed by atoms with Crippen molar-refractivity contribution in [1.82, 2.24) is 0 Å². The third-order valence-corrected chi connectivity index (χ3v) is 29.5. The molecule has 0 fully saturated rings. The van der Waals surface area contributed by atoms with Gasteiger partial charge in [-0.25, -0.2) is 0 Å². The zero-order valence-corrected chi connectivity index (χ0v) is 75.4. The van der Waals surface area contributed by atoms with Crippen molar-refractivity contribution in [3.63, 3.8) is 0 Å². The third-order valence-electron chi connectivity index (χ3n) is 29.5. The molecular weight excluding hydrogens is 1410 g/mol. The Morgan fingerprint density at radius 3 is 0.398 bits per heavy atom. The first-order chi connectivity index (χ1) is 55.2. The Labute approximate surface area is 708 Å². The summed E-state index contributed by atoms with van der Waals surface area (Å²) in [5.74, 6) is 0. The third kappa shape index (κ3) is 10.7. The van der Waals surface area contributed by atoms with Gasteiger partial charge < -0.3 is 14.7 Å². The van der Waals surface area contributed by atoms with Gasteiger partial charge in [0, 0.05) is 51.2 Å². The molecule has 0 spiro atoms. The Balaban J connectivity index is 1.01. The monoisotopic (exact) mass is 1530 g/mol. The van der Waals surface area contributed by atoms with E-state index in [0.29, 0.717) is 0 Å². The van der Waals surface area contributed by atoms with Crippen molar-refractivity contribution >= 4 is 213 Å². The maximum atomic E-state index is 2.98. The Bertz CT molecular complexity index is 5410. The minimum absolute atomic E-state index is 0.0401. The highest BCUT2D eigenvalue weighted by Crippen LogP contribution is 2.53. The van der Waals surface area contributed by atoms with Crippen LogP contribution in [-0.2, 0) is 48.7 Å². The molecule has 582 valence electrons. The topological polar surface area (TPSA) is 9.72 Å². The molecule has 118 heavy (non-hydrogen) atoms. The lowest BCUT2D eigenvalue weighted by Gasteiger charge is -2.59. The fourth-order valence-corrected chi connectivity index (χ4v) is 22.9. The van der Waals surface area contributed by atoms with Crippen LogP contribution in [0.4, 0.5) is 51.2 Å². The van der Waals surface area contributed by atoms with E-state index in [4.69, 9.17) is 0 Å². The van der Waals surface area contributed by atoms with E-state index in [1.54, 1.807) is 0 Å². The summed E-state index contributed by atoms with van der Waals surface area (Å²) >= 11 is 0. The van der Waals surface area contributed by atoms with Crippen LogP contribution in [0.15, 0.2) is 200 Å². The molecule has 10 heteroatoms. The highest BCUT2D eigenvalue weighted by atomic mass is 15.2. The van der Waals surface area contributed by atoms with Crippen LogP contribution in [0.25, 0.3) is 0 Å². The first-order valence-electron chi connectivity index (χ1n) is 44.4. The minimum Gasteiger partial charge on any atom is -0.313 e. The lowest BCUT2D eigenvalue weighted by atomic mass is 9.20. The van der Waals surface area contributed by atoms with Crippen LogP contribution in [0.1, 0.15) is 237 Å². The Morgan fingerprint density at radius 1 is 0.144 bits per heavy atom. The standard InChI is InChI=1S/C108H114B7N3/c1-100(2,3)61-28-40-70(41-29-61)109-76-52-67(106(19,20)21)53-77-91(76)116-94-82(109)58-83-95-88(94)115-89-96(116)84(110(77)71-42-30-62(31-43-71)101(4,5)6)59-85-97(89)118-93-80(113(85)74-48-36-65(37-49-74)104(13,14)15)56-69(108(25,26)27)57-81(93)114(75-50-38-66(39-51-75)105(16,17)18)87-60-86-98(90(115)99(87)118)117(95)92-78(111(83)72-44-32-63(33-45-72)102(7,8)9)54-68(107(22,23)24)55-79(92)112(86)73-46-34-64(35-47-73)103(10,11)12/h28-60H,1-27H3. The van der Waals surface area contributed by atoms with Gasteiger partial charge in [-0.05, 0) is 181 Å². The molecule has 12 aromatic rings. The summed E-state index contributed by atoms with van der Waals surface area (Å²) < 4.78 is 0. The summed E-state index contributed by atoms with van der Waals surface area (Å²) in [5.41, 5.74) is 53.3. The molecule has 0 atom stereocenters. The average Bonchev–Trinajstić information content (AvgIpc) is 0.630. The maximum absolute atomic E-state index is 2.98. The molecule has 3 nitrogen and oxygen atoms in total. The summed E-state index contributed by atoms with van der Waals surface area (Å²) in [7, 11) is 0. The smallest absolute Gasteiger partial charge is 0.257 e. The van der Waals surface area contributed by atoms with Gasteiger partial charge in [0.1, 0.15) is 0 Å². The van der Waals surface area contributed by atoms with Gasteiger partial charge in [0.25, 0.3) is 6.71 Å². The number of hydrogen-bond donors (Lipinski definition) is 0. The highest BCUT2D eigenvalue weighted by Gasteiger charge is 2.63. The van der Waals surface area contributed by atoms with Gasteiger partial charge in [-0.3, -0.25) is 0 Å². The van der Waals surface area contributed by atoms with Crippen LogP contribution in [-0.4, -0.2) is 47.0 Å². The number of rotatable bonds is 6. The minimum atomic E-state index is -0.200. The summed E-state index contributed by atoms with van der Waals surface area (Å²) in [4.78, 5) is 8.95. The van der Waals surface area contributed by atoms with E-state index in [1.165, 1.54) is 216 Å². The number of benzene rings is 12. The van der Waals surface area contributed by atoms with Crippen molar-refractivity contribution in [3.8, 4) is 0 Å². The molecule has 0 aromatic heterocycles. The quantitative estimate of drug-likeness (QED) is 0.154. The molecule has 9 heterocycles. The van der Waals surface area contributed by atoms with Gasteiger partial charge in [-0.15, -0.1) is 0 Å². The van der Waals surface area contributed by atoms with Crippen molar-refractivity contribution in [3.05, 3.63) is 250 Å². The molecule has 0 saturated carbocycles. The van der Waals surface area contributed by atoms with E-state index in [1.807, 2.05) is 0 Å². The first kappa shape index (κ1) is 75.9. The van der Waals surface area contributed by atoms with E-state index < -0.39 is 0 Å². The molecule has 0 amide bonds. The van der Waals surface area contributed by atoms with Crippen LogP contribution in [0, 0.1) is 0 Å². The van der Waals surface area contributed by atoms with E-state index in [2.05, 4.69) is 402 Å².